The predicted octanol–water partition coefficient (Wildman–Crippen LogP) is 2.48. The van der Waals surface area contributed by atoms with Crippen LogP contribution in [0.3, 0.4) is 0 Å². The number of anilines is 2. The molecule has 1 aromatic heterocycles. The topological polar surface area (TPSA) is 112 Å². The summed E-state index contributed by atoms with van der Waals surface area (Å²) >= 11 is 3.31. The third-order valence-electron chi connectivity index (χ3n) is 3.62. The van der Waals surface area contributed by atoms with Crippen LogP contribution in [0.25, 0.3) is 0 Å². The van der Waals surface area contributed by atoms with Crippen molar-refractivity contribution in [1.82, 2.24) is 9.88 Å². The van der Waals surface area contributed by atoms with Crippen molar-refractivity contribution in [1.29, 1.82) is 0 Å². The van der Waals surface area contributed by atoms with E-state index in [9.17, 15) is 19.5 Å². The number of carbonyl (C=O) groups excluding carboxylic acids is 1. The normalized spacial score (nSPS) is 10.4. The van der Waals surface area contributed by atoms with Crippen molar-refractivity contribution >= 4 is 39.3 Å². The molecule has 1 heterocycles. The summed E-state index contributed by atoms with van der Waals surface area (Å²) in [6, 6.07) is 5.91. The van der Waals surface area contributed by atoms with Gasteiger partial charge in [0.2, 0.25) is 0 Å². The standard InChI is InChI=1S/C17H18BrN3O5/c1-10-9-20(2)16(25)14(15(10)24)21(12-5-3-4-11(18)8-12)17(26)19-7-6-13(22)23/h3-5,8-9,24H,6-7H2,1-2H3,(H,19,26)(H,22,23). The van der Waals surface area contributed by atoms with Crippen LogP contribution in [0.15, 0.2) is 39.7 Å². The van der Waals surface area contributed by atoms with E-state index in [1.807, 2.05) is 0 Å². The van der Waals surface area contributed by atoms with Crippen molar-refractivity contribution in [3.05, 3.63) is 50.9 Å². The summed E-state index contributed by atoms with van der Waals surface area (Å²) in [7, 11) is 1.51. The van der Waals surface area contributed by atoms with Crippen molar-refractivity contribution in [2.45, 2.75) is 13.3 Å². The van der Waals surface area contributed by atoms with Gasteiger partial charge in [-0.05, 0) is 25.1 Å². The van der Waals surface area contributed by atoms with Gasteiger partial charge in [0.05, 0.1) is 12.1 Å². The molecule has 0 aliphatic carbocycles. The van der Waals surface area contributed by atoms with Gasteiger partial charge in [-0.1, -0.05) is 22.0 Å². The third kappa shape index (κ3) is 4.23. The second-order valence-corrected chi connectivity index (χ2v) is 6.53. The van der Waals surface area contributed by atoms with Gasteiger partial charge in [0.15, 0.2) is 5.69 Å². The molecule has 2 rings (SSSR count). The van der Waals surface area contributed by atoms with Crippen LogP contribution in [0.4, 0.5) is 16.2 Å². The number of pyridine rings is 1. The van der Waals surface area contributed by atoms with Crippen molar-refractivity contribution in [2.75, 3.05) is 11.4 Å². The number of aliphatic carboxylic acids is 1. The lowest BCUT2D eigenvalue weighted by atomic mass is 10.2. The van der Waals surface area contributed by atoms with Crippen molar-refractivity contribution in [3.8, 4) is 5.75 Å². The first-order valence-electron chi connectivity index (χ1n) is 7.67. The van der Waals surface area contributed by atoms with E-state index in [1.54, 1.807) is 31.2 Å². The lowest BCUT2D eigenvalue weighted by molar-refractivity contribution is -0.136. The Hall–Kier alpha value is -2.81. The highest BCUT2D eigenvalue weighted by Crippen LogP contribution is 2.33. The maximum Gasteiger partial charge on any atom is 0.326 e. The number of aromatic nitrogens is 1. The van der Waals surface area contributed by atoms with E-state index in [4.69, 9.17) is 5.11 Å². The molecule has 0 fully saturated rings. The van der Waals surface area contributed by atoms with Crippen molar-refractivity contribution < 1.29 is 19.8 Å². The molecule has 0 unspecified atom stereocenters. The summed E-state index contributed by atoms with van der Waals surface area (Å²) in [5, 5.41) is 21.6. The molecule has 8 nitrogen and oxygen atoms in total. The maximum atomic E-state index is 12.7. The van der Waals surface area contributed by atoms with Crippen LogP contribution >= 0.6 is 15.9 Å². The summed E-state index contributed by atoms with van der Waals surface area (Å²) < 4.78 is 1.93. The fourth-order valence-corrected chi connectivity index (χ4v) is 2.77. The van der Waals surface area contributed by atoms with E-state index in [2.05, 4.69) is 21.2 Å². The maximum absolute atomic E-state index is 12.7. The number of benzene rings is 1. The summed E-state index contributed by atoms with van der Waals surface area (Å²) in [4.78, 5) is 37.0. The molecule has 0 bridgehead atoms. The number of carbonyl (C=O) groups is 2. The number of nitrogens with zero attached hydrogens (tertiary/aromatic N) is 2. The van der Waals surface area contributed by atoms with Crippen LogP contribution in [-0.4, -0.2) is 33.3 Å². The van der Waals surface area contributed by atoms with Crippen LogP contribution < -0.4 is 15.8 Å². The molecule has 0 spiro atoms. The first-order valence-corrected chi connectivity index (χ1v) is 8.46. The number of hydrogen-bond donors (Lipinski definition) is 3. The molecule has 26 heavy (non-hydrogen) atoms. The van der Waals surface area contributed by atoms with Crippen LogP contribution in [-0.2, 0) is 11.8 Å². The highest BCUT2D eigenvalue weighted by Gasteiger charge is 2.26. The summed E-state index contributed by atoms with van der Waals surface area (Å²) in [6.45, 7) is 1.49. The van der Waals surface area contributed by atoms with Crippen LogP contribution in [0.1, 0.15) is 12.0 Å². The Kier molecular flexibility index (Phi) is 6.04. The lowest BCUT2D eigenvalue weighted by Gasteiger charge is -2.24. The first-order chi connectivity index (χ1) is 12.2. The largest absolute Gasteiger partial charge is 0.505 e. The molecule has 2 aromatic rings. The van der Waals surface area contributed by atoms with Gasteiger partial charge in [-0.3, -0.25) is 14.5 Å². The quantitative estimate of drug-likeness (QED) is 0.683. The van der Waals surface area contributed by atoms with E-state index in [0.717, 1.165) is 4.90 Å². The zero-order valence-electron chi connectivity index (χ0n) is 14.2. The summed E-state index contributed by atoms with van der Waals surface area (Å²) in [5.41, 5.74) is -0.0227. The second kappa shape index (κ2) is 8.05. The molecule has 2 amide bonds. The molecule has 9 heteroatoms. The highest BCUT2D eigenvalue weighted by atomic mass is 79.9. The number of rotatable bonds is 5. The number of urea groups is 1. The minimum absolute atomic E-state index is 0.119. The molecule has 0 saturated carbocycles. The number of aromatic hydroxyl groups is 1. The van der Waals surface area contributed by atoms with Gasteiger partial charge in [0.25, 0.3) is 5.56 Å². The second-order valence-electron chi connectivity index (χ2n) is 5.62. The zero-order valence-corrected chi connectivity index (χ0v) is 15.8. The van der Waals surface area contributed by atoms with Gasteiger partial charge in [-0.15, -0.1) is 0 Å². The molecule has 0 aliphatic rings. The minimum atomic E-state index is -1.06. The van der Waals surface area contributed by atoms with Gasteiger partial charge in [-0.2, -0.15) is 0 Å². The van der Waals surface area contributed by atoms with Gasteiger partial charge < -0.3 is 20.1 Å². The Morgan fingerprint density at radius 2 is 2.04 bits per heavy atom. The van der Waals surface area contributed by atoms with Gasteiger partial charge in [0.1, 0.15) is 5.75 Å². The fourth-order valence-electron chi connectivity index (χ4n) is 2.39. The molecule has 0 saturated heterocycles. The summed E-state index contributed by atoms with van der Waals surface area (Å²) in [5.74, 6) is -1.38. The van der Waals surface area contributed by atoms with E-state index in [0.29, 0.717) is 15.7 Å². The molecular formula is C17H18BrN3O5. The Bertz CT molecular complexity index is 910. The summed E-state index contributed by atoms with van der Waals surface area (Å²) in [6.07, 6.45) is 1.19. The lowest BCUT2D eigenvalue weighted by Crippen LogP contribution is -2.41. The molecule has 3 N–H and O–H groups in total. The number of halogens is 1. The van der Waals surface area contributed by atoms with Gasteiger partial charge >= 0.3 is 12.0 Å². The Balaban J connectivity index is 2.57. The van der Waals surface area contributed by atoms with Crippen LogP contribution in [0.2, 0.25) is 0 Å². The van der Waals surface area contributed by atoms with Gasteiger partial charge in [-0.25, -0.2) is 4.79 Å². The fraction of sp³-hybridized carbons (Fsp3) is 0.235. The van der Waals surface area contributed by atoms with E-state index >= 15 is 0 Å². The molecule has 138 valence electrons. The van der Waals surface area contributed by atoms with Gasteiger partial charge in [0, 0.05) is 29.8 Å². The number of aryl methyl sites for hydroxylation is 2. The monoisotopic (exact) mass is 423 g/mol. The number of nitrogens with one attached hydrogen (secondary N) is 1. The molecule has 0 aliphatic heterocycles. The average Bonchev–Trinajstić information content (AvgIpc) is 2.56. The smallest absolute Gasteiger partial charge is 0.326 e. The van der Waals surface area contributed by atoms with E-state index < -0.39 is 17.6 Å². The van der Waals surface area contributed by atoms with Crippen molar-refractivity contribution in [3.63, 3.8) is 0 Å². The SMILES string of the molecule is Cc1cn(C)c(=O)c(N(C(=O)NCCC(=O)O)c2cccc(Br)c2)c1O. The third-order valence-corrected chi connectivity index (χ3v) is 4.11. The van der Waals surface area contributed by atoms with Crippen LogP contribution in [0, 0.1) is 6.92 Å². The Labute approximate surface area is 157 Å². The Morgan fingerprint density at radius 1 is 1.35 bits per heavy atom. The van der Waals surface area contributed by atoms with Crippen LogP contribution in [0.5, 0.6) is 5.75 Å². The van der Waals surface area contributed by atoms with E-state index in [-0.39, 0.29) is 24.4 Å². The predicted molar refractivity (Wildman–Crippen MR) is 100 cm³/mol. The number of hydrogen-bond acceptors (Lipinski definition) is 4. The molecular weight excluding hydrogens is 406 g/mol. The minimum Gasteiger partial charge on any atom is -0.505 e. The van der Waals surface area contributed by atoms with E-state index in [1.165, 1.54) is 17.8 Å². The Morgan fingerprint density at radius 3 is 2.65 bits per heavy atom. The molecule has 0 radical (unpaired) electrons. The highest BCUT2D eigenvalue weighted by molar-refractivity contribution is 9.10. The van der Waals surface area contributed by atoms with Crippen molar-refractivity contribution in [2.24, 2.45) is 7.05 Å². The zero-order chi connectivity index (χ0) is 19.4. The number of carboxylic acids is 1. The average molecular weight is 424 g/mol. The first kappa shape index (κ1) is 19.5. The molecule has 1 aromatic carbocycles. The molecule has 0 atom stereocenters. The number of amides is 2. The number of carboxylic acid groups (broad SMARTS) is 1.